The van der Waals surface area contributed by atoms with E-state index in [1.54, 1.807) is 0 Å². The van der Waals surface area contributed by atoms with Crippen molar-refractivity contribution >= 4 is 11.9 Å². The lowest BCUT2D eigenvalue weighted by atomic mass is 10.0. The molecule has 0 aromatic heterocycles. The first-order valence-electron chi connectivity index (χ1n) is 8.67. The van der Waals surface area contributed by atoms with E-state index < -0.39 is 0 Å². The van der Waals surface area contributed by atoms with Gasteiger partial charge >= 0.3 is 0 Å². The van der Waals surface area contributed by atoms with Gasteiger partial charge in [0.25, 0.3) is 0 Å². The molecule has 2 heteroatoms. The van der Waals surface area contributed by atoms with Crippen molar-refractivity contribution in [1.82, 2.24) is 0 Å². The maximum absolute atomic E-state index is 4.57. The van der Waals surface area contributed by atoms with E-state index in [1.165, 1.54) is 16.7 Å². The molecular weight excluding hydrogens is 304 g/mol. The van der Waals surface area contributed by atoms with Crippen LogP contribution in [-0.2, 0) is 6.42 Å². The van der Waals surface area contributed by atoms with Gasteiger partial charge in [-0.2, -0.15) is 10.2 Å². The number of hydrogen-bond acceptors (Lipinski definition) is 2. The molecule has 0 unspecified atom stereocenters. The maximum Gasteiger partial charge on any atom is 0.101 e. The summed E-state index contributed by atoms with van der Waals surface area (Å²) in [5.41, 5.74) is 7.10. The SMILES string of the molecule is C[C@H](/C=N/N=C1c2ccccc2-c2ccccc21)Cc1ccccc1. The van der Waals surface area contributed by atoms with E-state index in [4.69, 9.17) is 0 Å². The molecule has 0 heterocycles. The van der Waals surface area contributed by atoms with Gasteiger partial charge in [-0.25, -0.2) is 0 Å². The Hall–Kier alpha value is -3.00. The lowest BCUT2D eigenvalue weighted by Crippen LogP contribution is -2.01. The van der Waals surface area contributed by atoms with Crippen molar-refractivity contribution in [2.75, 3.05) is 0 Å². The summed E-state index contributed by atoms with van der Waals surface area (Å²) < 4.78 is 0. The molecule has 0 saturated heterocycles. The summed E-state index contributed by atoms with van der Waals surface area (Å²) in [5.74, 6) is 0.346. The largest absolute Gasteiger partial charge is 0.163 e. The summed E-state index contributed by atoms with van der Waals surface area (Å²) in [5, 5.41) is 8.98. The average Bonchev–Trinajstić information content (AvgIpc) is 2.97. The van der Waals surface area contributed by atoms with E-state index in [2.05, 4.69) is 89.9 Å². The number of fused-ring (bicyclic) bond motifs is 3. The van der Waals surface area contributed by atoms with E-state index in [0.29, 0.717) is 5.92 Å². The third kappa shape index (κ3) is 3.16. The highest BCUT2D eigenvalue weighted by Crippen LogP contribution is 2.36. The molecule has 0 radical (unpaired) electrons. The van der Waals surface area contributed by atoms with Gasteiger partial charge in [0.15, 0.2) is 0 Å². The van der Waals surface area contributed by atoms with Gasteiger partial charge in [-0.1, -0.05) is 85.8 Å². The second-order valence-corrected chi connectivity index (χ2v) is 6.47. The lowest BCUT2D eigenvalue weighted by molar-refractivity contribution is 0.780. The van der Waals surface area contributed by atoms with Gasteiger partial charge in [-0.15, -0.1) is 0 Å². The molecule has 0 saturated carbocycles. The highest BCUT2D eigenvalue weighted by Gasteiger charge is 2.23. The molecule has 0 amide bonds. The molecule has 3 aromatic carbocycles. The molecule has 3 aromatic rings. The zero-order chi connectivity index (χ0) is 17.1. The van der Waals surface area contributed by atoms with Crippen LogP contribution in [0.2, 0.25) is 0 Å². The van der Waals surface area contributed by atoms with Crippen molar-refractivity contribution in [2.45, 2.75) is 13.3 Å². The van der Waals surface area contributed by atoms with Crippen LogP contribution in [0.1, 0.15) is 23.6 Å². The third-order valence-corrected chi connectivity index (χ3v) is 4.53. The van der Waals surface area contributed by atoms with Crippen molar-refractivity contribution in [2.24, 2.45) is 16.1 Å². The Balaban J connectivity index is 1.59. The Bertz CT molecular complexity index is 892. The first kappa shape index (κ1) is 15.5. The maximum atomic E-state index is 4.57. The van der Waals surface area contributed by atoms with Crippen LogP contribution in [0.3, 0.4) is 0 Å². The molecule has 0 aliphatic heterocycles. The van der Waals surface area contributed by atoms with Crippen LogP contribution >= 0.6 is 0 Å². The first-order chi connectivity index (χ1) is 12.3. The van der Waals surface area contributed by atoms with Gasteiger partial charge in [0.05, 0.1) is 0 Å². The molecular formula is C23H20N2. The summed E-state index contributed by atoms with van der Waals surface area (Å²) >= 11 is 0. The zero-order valence-electron chi connectivity index (χ0n) is 14.3. The van der Waals surface area contributed by atoms with Crippen LogP contribution in [-0.4, -0.2) is 11.9 Å². The molecule has 0 spiro atoms. The predicted molar refractivity (Wildman–Crippen MR) is 105 cm³/mol. The molecule has 25 heavy (non-hydrogen) atoms. The number of hydrogen-bond donors (Lipinski definition) is 0. The van der Waals surface area contributed by atoms with Crippen molar-refractivity contribution in [3.63, 3.8) is 0 Å². The first-order valence-corrected chi connectivity index (χ1v) is 8.67. The molecule has 0 fully saturated rings. The predicted octanol–water partition coefficient (Wildman–Crippen LogP) is 5.37. The van der Waals surface area contributed by atoms with Gasteiger partial charge in [0.2, 0.25) is 0 Å². The summed E-state index contributed by atoms with van der Waals surface area (Å²) in [4.78, 5) is 0. The average molecular weight is 324 g/mol. The standard InChI is InChI=1S/C23H20N2/c1-17(15-18-9-3-2-4-10-18)16-24-25-23-21-13-7-5-11-19(21)20-12-6-8-14-22(20)23/h2-14,16-17H,15H2,1H3/b24-16+/t17-/m0/s1. The highest BCUT2D eigenvalue weighted by atomic mass is 15.2. The second kappa shape index (κ2) is 6.86. The van der Waals surface area contributed by atoms with E-state index in [1.807, 2.05) is 12.3 Å². The Morgan fingerprint density at radius 3 is 1.84 bits per heavy atom. The molecule has 0 bridgehead atoms. The Labute approximate surface area is 148 Å². The van der Waals surface area contributed by atoms with Crippen LogP contribution in [0.5, 0.6) is 0 Å². The van der Waals surface area contributed by atoms with Gasteiger partial charge in [0.1, 0.15) is 5.71 Å². The van der Waals surface area contributed by atoms with Crippen LogP contribution in [0, 0.1) is 5.92 Å². The van der Waals surface area contributed by atoms with E-state index in [0.717, 1.165) is 23.3 Å². The minimum atomic E-state index is 0.346. The topological polar surface area (TPSA) is 24.7 Å². The van der Waals surface area contributed by atoms with Gasteiger partial charge < -0.3 is 0 Å². The Kier molecular flexibility index (Phi) is 4.26. The van der Waals surface area contributed by atoms with Crippen molar-refractivity contribution in [3.8, 4) is 11.1 Å². The molecule has 1 aliphatic rings. The molecule has 4 rings (SSSR count). The van der Waals surface area contributed by atoms with E-state index >= 15 is 0 Å². The number of rotatable bonds is 4. The molecule has 1 aliphatic carbocycles. The molecule has 2 nitrogen and oxygen atoms in total. The van der Waals surface area contributed by atoms with Gasteiger partial charge in [-0.05, 0) is 29.0 Å². The Morgan fingerprint density at radius 1 is 0.720 bits per heavy atom. The lowest BCUT2D eigenvalue weighted by Gasteiger charge is -2.04. The zero-order valence-corrected chi connectivity index (χ0v) is 14.3. The van der Waals surface area contributed by atoms with Crippen molar-refractivity contribution in [3.05, 3.63) is 95.6 Å². The second-order valence-electron chi connectivity index (χ2n) is 6.47. The summed E-state index contributed by atoms with van der Waals surface area (Å²) in [6.07, 6.45) is 2.92. The summed E-state index contributed by atoms with van der Waals surface area (Å²) in [6.45, 7) is 2.17. The normalized spacial score (nSPS) is 13.6. The fraction of sp³-hybridized carbons (Fsp3) is 0.130. The third-order valence-electron chi connectivity index (χ3n) is 4.53. The highest BCUT2D eigenvalue weighted by molar-refractivity contribution is 6.24. The molecule has 1 atom stereocenters. The van der Waals surface area contributed by atoms with Crippen molar-refractivity contribution < 1.29 is 0 Å². The van der Waals surface area contributed by atoms with E-state index in [-0.39, 0.29) is 0 Å². The smallest absolute Gasteiger partial charge is 0.101 e. The quantitative estimate of drug-likeness (QED) is 0.356. The van der Waals surface area contributed by atoms with E-state index in [9.17, 15) is 0 Å². The van der Waals surface area contributed by atoms with Gasteiger partial charge in [0, 0.05) is 17.3 Å². The molecule has 122 valence electrons. The van der Waals surface area contributed by atoms with Crippen LogP contribution in [0.15, 0.2) is 89.1 Å². The minimum Gasteiger partial charge on any atom is -0.163 e. The van der Waals surface area contributed by atoms with Crippen LogP contribution in [0.4, 0.5) is 0 Å². The summed E-state index contributed by atoms with van der Waals surface area (Å²) in [7, 11) is 0. The number of nitrogens with zero attached hydrogens (tertiary/aromatic N) is 2. The number of benzene rings is 3. The Morgan fingerprint density at radius 2 is 1.24 bits per heavy atom. The molecule has 0 N–H and O–H groups in total. The van der Waals surface area contributed by atoms with Crippen LogP contribution < -0.4 is 0 Å². The summed E-state index contributed by atoms with van der Waals surface area (Å²) in [6, 6.07) is 27.3. The monoisotopic (exact) mass is 324 g/mol. The van der Waals surface area contributed by atoms with Crippen molar-refractivity contribution in [1.29, 1.82) is 0 Å². The van der Waals surface area contributed by atoms with Crippen LogP contribution in [0.25, 0.3) is 11.1 Å². The van der Waals surface area contributed by atoms with Gasteiger partial charge in [-0.3, -0.25) is 0 Å². The fourth-order valence-electron chi connectivity index (χ4n) is 3.35. The minimum absolute atomic E-state index is 0.346. The fourth-order valence-corrected chi connectivity index (χ4v) is 3.35.